The number of phenols is 1. The predicted octanol–water partition coefficient (Wildman–Crippen LogP) is 4.45. The number of nitrogens with one attached hydrogen (secondary N) is 1. The molecule has 0 saturated carbocycles. The summed E-state index contributed by atoms with van der Waals surface area (Å²) in [6, 6.07) is 20.4. The fourth-order valence-corrected chi connectivity index (χ4v) is 3.93. The maximum Gasteiger partial charge on any atom is 0.185 e. The third-order valence-corrected chi connectivity index (χ3v) is 5.64. The molecule has 0 radical (unpaired) electrons. The van der Waals surface area contributed by atoms with Crippen molar-refractivity contribution in [1.29, 1.82) is 0 Å². The monoisotopic (exact) mass is 463 g/mol. The Balaban J connectivity index is 1.30. The molecule has 0 aliphatic carbocycles. The molecule has 0 fully saturated rings. The van der Waals surface area contributed by atoms with Gasteiger partial charge >= 0.3 is 0 Å². The Labute approximate surface area is 195 Å². The van der Waals surface area contributed by atoms with E-state index in [0.717, 1.165) is 38.8 Å². The zero-order valence-electron chi connectivity index (χ0n) is 17.9. The van der Waals surface area contributed by atoms with E-state index in [-0.39, 0.29) is 11.7 Å². The number of rotatable bonds is 10. The molecule has 4 aromatic rings. The Kier molecular flexibility index (Phi) is 7.11. The topological polar surface area (TPSA) is 128 Å². The van der Waals surface area contributed by atoms with Crippen molar-refractivity contribution in [2.75, 3.05) is 18.5 Å². The number of guanidine groups is 1. The van der Waals surface area contributed by atoms with E-state index < -0.39 is 0 Å². The Morgan fingerprint density at radius 1 is 0.970 bits per heavy atom. The second kappa shape index (κ2) is 10.6. The summed E-state index contributed by atoms with van der Waals surface area (Å²) >= 11 is 1.57. The Bertz CT molecular complexity index is 1220. The summed E-state index contributed by atoms with van der Waals surface area (Å²) in [7, 11) is 0. The molecule has 170 valence electrons. The van der Waals surface area contributed by atoms with Gasteiger partial charge in [-0.2, -0.15) is 0 Å². The van der Waals surface area contributed by atoms with Gasteiger partial charge in [-0.15, -0.1) is 0 Å². The highest BCUT2D eigenvalue weighted by Crippen LogP contribution is 2.32. The number of hydrogen-bond acceptors (Lipinski definition) is 7. The molecule has 0 aliphatic heterocycles. The molecule has 1 aromatic heterocycles. The van der Waals surface area contributed by atoms with Crippen LogP contribution in [-0.4, -0.2) is 29.2 Å². The van der Waals surface area contributed by atoms with Gasteiger partial charge in [0.25, 0.3) is 0 Å². The van der Waals surface area contributed by atoms with Crippen LogP contribution in [0.25, 0.3) is 10.2 Å². The molecule has 0 bridgehead atoms. The molecular weight excluding hydrogens is 438 g/mol. The van der Waals surface area contributed by atoms with Crippen molar-refractivity contribution in [3.05, 3.63) is 72.3 Å². The molecule has 6 N–H and O–H groups in total. The normalized spacial score (nSPS) is 10.7. The molecule has 0 spiro atoms. The van der Waals surface area contributed by atoms with E-state index in [1.165, 1.54) is 0 Å². The summed E-state index contributed by atoms with van der Waals surface area (Å²) in [5.41, 5.74) is 12.6. The van der Waals surface area contributed by atoms with Crippen LogP contribution in [0.4, 0.5) is 5.13 Å². The van der Waals surface area contributed by atoms with E-state index in [1.54, 1.807) is 35.6 Å². The molecule has 1 heterocycles. The number of hydrogen-bond donors (Lipinski definition) is 4. The number of aliphatic imine (C=N–C) groups is 1. The lowest BCUT2D eigenvalue weighted by atomic mass is 10.2. The molecule has 0 atom stereocenters. The van der Waals surface area contributed by atoms with Gasteiger partial charge in [0.05, 0.1) is 16.8 Å². The summed E-state index contributed by atoms with van der Waals surface area (Å²) in [4.78, 5) is 8.57. The molecule has 9 heteroatoms. The fraction of sp³-hybridized carbons (Fsp3) is 0.167. The maximum absolute atomic E-state index is 9.39. The number of benzene rings is 3. The molecule has 33 heavy (non-hydrogen) atoms. The number of anilines is 1. The summed E-state index contributed by atoms with van der Waals surface area (Å²) in [5, 5.41) is 13.6. The van der Waals surface area contributed by atoms with Crippen LogP contribution in [0.2, 0.25) is 0 Å². The van der Waals surface area contributed by atoms with Gasteiger partial charge < -0.3 is 31.4 Å². The number of thiazole rings is 1. The minimum atomic E-state index is 0.0998. The first-order valence-corrected chi connectivity index (χ1v) is 11.3. The minimum absolute atomic E-state index is 0.0998. The second-order valence-corrected chi connectivity index (χ2v) is 8.28. The summed E-state index contributed by atoms with van der Waals surface area (Å²) in [5.74, 6) is 2.50. The van der Waals surface area contributed by atoms with Crippen LogP contribution in [0, 0.1) is 0 Å². The average molecular weight is 464 g/mol. The van der Waals surface area contributed by atoms with Crippen LogP contribution in [0.15, 0.2) is 71.7 Å². The summed E-state index contributed by atoms with van der Waals surface area (Å²) in [6.45, 7) is 1.76. The van der Waals surface area contributed by atoms with Crippen molar-refractivity contribution in [3.63, 3.8) is 0 Å². The number of phenolic OH excluding ortho intramolecular Hbond substituents is 1. The summed E-state index contributed by atoms with van der Waals surface area (Å²) in [6.07, 6.45) is 0.751. The van der Waals surface area contributed by atoms with E-state index in [1.807, 2.05) is 42.5 Å². The van der Waals surface area contributed by atoms with Crippen LogP contribution >= 0.6 is 11.3 Å². The number of nitrogens with two attached hydrogens (primary N) is 2. The van der Waals surface area contributed by atoms with Crippen LogP contribution in [-0.2, 0) is 6.54 Å². The van der Waals surface area contributed by atoms with Crippen LogP contribution in [0.1, 0.15) is 12.0 Å². The highest BCUT2D eigenvalue weighted by Gasteiger charge is 2.07. The van der Waals surface area contributed by atoms with Gasteiger partial charge in [-0.1, -0.05) is 23.5 Å². The van der Waals surface area contributed by atoms with Crippen LogP contribution in [0.5, 0.6) is 23.0 Å². The maximum atomic E-state index is 9.39. The quantitative estimate of drug-likeness (QED) is 0.155. The first-order chi connectivity index (χ1) is 16.0. The highest BCUT2D eigenvalue weighted by atomic mass is 32.1. The largest absolute Gasteiger partial charge is 0.508 e. The van der Waals surface area contributed by atoms with E-state index in [2.05, 4.69) is 15.3 Å². The molecule has 0 saturated heterocycles. The van der Waals surface area contributed by atoms with Crippen LogP contribution in [0.3, 0.4) is 0 Å². The van der Waals surface area contributed by atoms with E-state index in [0.29, 0.717) is 25.4 Å². The van der Waals surface area contributed by atoms with Gasteiger partial charge in [-0.25, -0.2) is 4.98 Å². The van der Waals surface area contributed by atoms with Crippen molar-refractivity contribution in [2.24, 2.45) is 16.5 Å². The molecule has 3 aromatic carbocycles. The van der Waals surface area contributed by atoms with Gasteiger partial charge in [0.2, 0.25) is 0 Å². The standard InChI is InChI=1S/C24H25N5O3S/c25-23(26)27-12-1-13-31-18-6-2-16(3-7-18)15-28-24-29-21-11-10-20(14-22(21)33-24)32-19-8-4-17(30)5-9-19/h2-11,14,30H,1,12-13,15H2,(H,28,29)(H4,25,26,27). The first kappa shape index (κ1) is 22.2. The lowest BCUT2D eigenvalue weighted by molar-refractivity contribution is 0.313. The molecule has 4 rings (SSSR count). The highest BCUT2D eigenvalue weighted by molar-refractivity contribution is 7.22. The van der Waals surface area contributed by atoms with E-state index in [4.69, 9.17) is 20.9 Å². The minimum Gasteiger partial charge on any atom is -0.508 e. The van der Waals surface area contributed by atoms with Gasteiger partial charge in [0.15, 0.2) is 11.1 Å². The average Bonchev–Trinajstić information content (AvgIpc) is 3.22. The SMILES string of the molecule is NC(N)=NCCCOc1ccc(CNc2nc3ccc(Oc4ccc(O)cc4)cc3s2)cc1. The van der Waals surface area contributed by atoms with Crippen molar-refractivity contribution in [1.82, 2.24) is 4.98 Å². The molecular formula is C24H25N5O3S. The zero-order chi connectivity index (χ0) is 23.0. The second-order valence-electron chi connectivity index (χ2n) is 7.25. The first-order valence-electron chi connectivity index (χ1n) is 10.4. The van der Waals surface area contributed by atoms with Gasteiger partial charge in [0, 0.05) is 25.6 Å². The molecule has 8 nitrogen and oxygen atoms in total. The van der Waals surface area contributed by atoms with Gasteiger partial charge in [0.1, 0.15) is 23.0 Å². The molecule has 0 unspecified atom stereocenters. The molecule has 0 amide bonds. The third-order valence-electron chi connectivity index (χ3n) is 4.66. The summed E-state index contributed by atoms with van der Waals surface area (Å²) < 4.78 is 12.6. The van der Waals surface area contributed by atoms with E-state index in [9.17, 15) is 5.11 Å². The predicted molar refractivity (Wildman–Crippen MR) is 132 cm³/mol. The number of aromatic nitrogens is 1. The number of aromatic hydroxyl groups is 1. The third kappa shape index (κ3) is 6.50. The van der Waals surface area contributed by atoms with Crippen molar-refractivity contribution < 1.29 is 14.6 Å². The number of ether oxygens (including phenoxy) is 2. The number of nitrogens with zero attached hydrogens (tertiary/aromatic N) is 2. The molecule has 0 aliphatic rings. The Morgan fingerprint density at radius 3 is 2.45 bits per heavy atom. The van der Waals surface area contributed by atoms with Gasteiger partial charge in [-0.3, -0.25) is 4.99 Å². The lowest BCUT2D eigenvalue weighted by Crippen LogP contribution is -2.23. The fourth-order valence-electron chi connectivity index (χ4n) is 3.04. The smallest absolute Gasteiger partial charge is 0.185 e. The van der Waals surface area contributed by atoms with Crippen molar-refractivity contribution >= 4 is 32.6 Å². The number of fused-ring (bicyclic) bond motifs is 1. The Morgan fingerprint density at radius 2 is 1.70 bits per heavy atom. The zero-order valence-corrected chi connectivity index (χ0v) is 18.7. The van der Waals surface area contributed by atoms with Gasteiger partial charge in [-0.05, 0) is 54.1 Å². The lowest BCUT2D eigenvalue weighted by Gasteiger charge is -2.07. The van der Waals surface area contributed by atoms with Crippen molar-refractivity contribution in [3.8, 4) is 23.0 Å². The van der Waals surface area contributed by atoms with Crippen LogP contribution < -0.4 is 26.3 Å². The Hall–Kier alpha value is -3.98. The van der Waals surface area contributed by atoms with E-state index >= 15 is 0 Å². The van der Waals surface area contributed by atoms with Crippen molar-refractivity contribution in [2.45, 2.75) is 13.0 Å².